The first-order valence-corrected chi connectivity index (χ1v) is 11.5. The SMILES string of the molecule is Cc1cc(-n2c(C3CCOCC3)c([C@H]3C[C@H](C(=O)O)C3)c3nc4[nH]ncc4cc32)ccc1F. The highest BCUT2D eigenvalue weighted by Crippen LogP contribution is 2.49. The molecule has 0 atom stereocenters. The number of nitrogens with zero attached hydrogens (tertiary/aromatic N) is 3. The molecule has 2 N–H and O–H groups in total. The number of carboxylic acids is 1. The Balaban J connectivity index is 1.65. The van der Waals surface area contributed by atoms with Gasteiger partial charge >= 0.3 is 5.97 Å². The number of nitrogens with one attached hydrogen (secondary N) is 1. The lowest BCUT2D eigenvalue weighted by Gasteiger charge is -2.35. The van der Waals surface area contributed by atoms with Crippen molar-refractivity contribution in [2.45, 2.75) is 44.4 Å². The molecule has 0 unspecified atom stereocenters. The molecule has 33 heavy (non-hydrogen) atoms. The van der Waals surface area contributed by atoms with E-state index in [2.05, 4.69) is 20.8 Å². The summed E-state index contributed by atoms with van der Waals surface area (Å²) in [7, 11) is 0. The zero-order chi connectivity index (χ0) is 22.7. The Kier molecular flexibility index (Phi) is 4.72. The lowest BCUT2D eigenvalue weighted by atomic mass is 9.70. The van der Waals surface area contributed by atoms with E-state index in [4.69, 9.17) is 9.72 Å². The summed E-state index contributed by atoms with van der Waals surface area (Å²) in [5, 5.41) is 17.5. The van der Waals surface area contributed by atoms with Crippen LogP contribution < -0.4 is 0 Å². The number of halogens is 1. The molecule has 4 heterocycles. The average molecular weight is 448 g/mol. The second-order valence-electron chi connectivity index (χ2n) is 9.32. The van der Waals surface area contributed by atoms with Crippen LogP contribution in [0.5, 0.6) is 0 Å². The van der Waals surface area contributed by atoms with E-state index < -0.39 is 5.97 Å². The number of benzene rings is 1. The summed E-state index contributed by atoms with van der Waals surface area (Å²) >= 11 is 0. The quantitative estimate of drug-likeness (QED) is 0.467. The van der Waals surface area contributed by atoms with Crippen LogP contribution in [0.25, 0.3) is 27.8 Å². The molecule has 1 saturated carbocycles. The van der Waals surface area contributed by atoms with Gasteiger partial charge < -0.3 is 14.4 Å². The van der Waals surface area contributed by atoms with Crippen LogP contribution >= 0.6 is 0 Å². The van der Waals surface area contributed by atoms with E-state index in [1.165, 1.54) is 11.8 Å². The molecule has 6 rings (SSSR count). The molecule has 0 bridgehead atoms. The Morgan fingerprint density at radius 2 is 2.00 bits per heavy atom. The van der Waals surface area contributed by atoms with Gasteiger partial charge in [0.15, 0.2) is 5.65 Å². The zero-order valence-electron chi connectivity index (χ0n) is 18.3. The first kappa shape index (κ1) is 20.4. The Bertz CT molecular complexity index is 1380. The summed E-state index contributed by atoms with van der Waals surface area (Å²) in [6, 6.07) is 7.29. The van der Waals surface area contributed by atoms with Crippen molar-refractivity contribution in [1.82, 2.24) is 19.7 Å². The van der Waals surface area contributed by atoms with Gasteiger partial charge in [-0.05, 0) is 68.4 Å². The van der Waals surface area contributed by atoms with Gasteiger partial charge in [-0.15, -0.1) is 0 Å². The van der Waals surface area contributed by atoms with Gasteiger partial charge in [-0.3, -0.25) is 9.89 Å². The van der Waals surface area contributed by atoms with Crippen LogP contribution in [0, 0.1) is 18.7 Å². The molecule has 1 saturated heterocycles. The van der Waals surface area contributed by atoms with E-state index in [0.717, 1.165) is 40.5 Å². The van der Waals surface area contributed by atoms with E-state index in [1.807, 2.05) is 12.1 Å². The van der Waals surface area contributed by atoms with Crippen molar-refractivity contribution >= 4 is 28.0 Å². The Labute approximate surface area is 189 Å². The van der Waals surface area contributed by atoms with Crippen LogP contribution in [0.3, 0.4) is 0 Å². The van der Waals surface area contributed by atoms with Crippen molar-refractivity contribution < 1.29 is 19.0 Å². The second-order valence-corrected chi connectivity index (χ2v) is 9.32. The molecule has 1 aliphatic carbocycles. The topological polar surface area (TPSA) is 93.0 Å². The first-order chi connectivity index (χ1) is 16.0. The molecule has 1 aliphatic heterocycles. The standard InChI is InChI=1S/C25H25FN4O3/c1-13-8-18(2-3-19(13)26)30-20-11-17-12-27-29-24(17)28-22(20)21(15-9-16(10-15)25(31)32)23(30)14-4-6-33-7-5-14/h2-3,8,11-12,14-16H,4-7,9-10H2,1H3,(H,31,32)(H,27,28,29)/t15-,16-. The number of hydrogen-bond acceptors (Lipinski definition) is 4. The molecule has 2 fully saturated rings. The van der Waals surface area contributed by atoms with Crippen LogP contribution in [0.1, 0.15) is 54.3 Å². The largest absolute Gasteiger partial charge is 0.481 e. The lowest BCUT2D eigenvalue weighted by Crippen LogP contribution is -2.30. The van der Waals surface area contributed by atoms with Crippen LogP contribution in [0.15, 0.2) is 30.5 Å². The maximum absolute atomic E-state index is 14.2. The number of aromatic nitrogens is 4. The molecule has 0 amide bonds. The number of fused-ring (bicyclic) bond motifs is 2. The van der Waals surface area contributed by atoms with E-state index in [9.17, 15) is 14.3 Å². The molecule has 0 radical (unpaired) electrons. The van der Waals surface area contributed by atoms with Crippen LogP contribution in [0.2, 0.25) is 0 Å². The van der Waals surface area contributed by atoms with Gasteiger partial charge in [0.1, 0.15) is 5.82 Å². The van der Waals surface area contributed by atoms with Crippen LogP contribution in [0.4, 0.5) is 4.39 Å². The van der Waals surface area contributed by atoms with Crippen molar-refractivity contribution in [2.24, 2.45) is 5.92 Å². The van der Waals surface area contributed by atoms with Gasteiger partial charge in [0.25, 0.3) is 0 Å². The summed E-state index contributed by atoms with van der Waals surface area (Å²) in [6.07, 6.45) is 4.74. The first-order valence-electron chi connectivity index (χ1n) is 11.5. The van der Waals surface area contributed by atoms with E-state index in [-0.39, 0.29) is 23.6 Å². The number of hydrogen-bond donors (Lipinski definition) is 2. The van der Waals surface area contributed by atoms with Gasteiger partial charge in [0.05, 0.1) is 23.1 Å². The molecule has 8 heteroatoms. The summed E-state index contributed by atoms with van der Waals surface area (Å²) in [6.45, 7) is 3.15. The van der Waals surface area contributed by atoms with Gasteiger partial charge in [-0.1, -0.05) is 0 Å². The van der Waals surface area contributed by atoms with E-state index >= 15 is 0 Å². The minimum Gasteiger partial charge on any atom is -0.481 e. The molecule has 7 nitrogen and oxygen atoms in total. The number of aryl methyl sites for hydroxylation is 1. The third-order valence-corrected chi connectivity index (χ3v) is 7.32. The fraction of sp³-hybridized carbons (Fsp3) is 0.400. The maximum atomic E-state index is 14.2. The number of carboxylic acid groups (broad SMARTS) is 1. The van der Waals surface area contributed by atoms with Gasteiger partial charge in [-0.25, -0.2) is 9.37 Å². The smallest absolute Gasteiger partial charge is 0.306 e. The Morgan fingerprint density at radius 1 is 1.21 bits per heavy atom. The monoisotopic (exact) mass is 448 g/mol. The minimum absolute atomic E-state index is 0.127. The van der Waals surface area contributed by atoms with Gasteiger partial charge in [-0.2, -0.15) is 5.10 Å². The predicted octanol–water partition coefficient (Wildman–Crippen LogP) is 4.82. The highest BCUT2D eigenvalue weighted by atomic mass is 19.1. The fourth-order valence-electron chi connectivity index (χ4n) is 5.49. The number of ether oxygens (including phenoxy) is 1. The van der Waals surface area contributed by atoms with Crippen LogP contribution in [-0.4, -0.2) is 44.0 Å². The van der Waals surface area contributed by atoms with Crippen molar-refractivity contribution in [3.05, 3.63) is 53.1 Å². The predicted molar refractivity (Wildman–Crippen MR) is 121 cm³/mol. The van der Waals surface area contributed by atoms with E-state index in [0.29, 0.717) is 37.3 Å². The molecule has 1 aromatic carbocycles. The molecule has 0 spiro atoms. The average Bonchev–Trinajstić information content (AvgIpc) is 3.36. The summed E-state index contributed by atoms with van der Waals surface area (Å²) in [4.78, 5) is 16.5. The summed E-state index contributed by atoms with van der Waals surface area (Å²) in [5.74, 6) is -0.905. The number of carbonyl (C=O) groups is 1. The summed E-state index contributed by atoms with van der Waals surface area (Å²) in [5.41, 5.74) is 6.32. The van der Waals surface area contributed by atoms with Crippen molar-refractivity contribution in [1.29, 1.82) is 0 Å². The van der Waals surface area contributed by atoms with Gasteiger partial charge in [0.2, 0.25) is 0 Å². The third-order valence-electron chi connectivity index (χ3n) is 7.32. The molecule has 2 aliphatic rings. The zero-order valence-corrected chi connectivity index (χ0v) is 18.3. The number of H-pyrrole nitrogens is 1. The molecular formula is C25H25FN4O3. The van der Waals surface area contributed by atoms with Crippen molar-refractivity contribution in [2.75, 3.05) is 13.2 Å². The Hall–Kier alpha value is -3.26. The second kappa shape index (κ2) is 7.66. The van der Waals surface area contributed by atoms with Crippen molar-refractivity contribution in [3.8, 4) is 5.69 Å². The molecule has 3 aromatic heterocycles. The lowest BCUT2D eigenvalue weighted by molar-refractivity contribution is -0.145. The van der Waals surface area contributed by atoms with E-state index in [1.54, 1.807) is 13.1 Å². The number of rotatable bonds is 4. The molecule has 4 aromatic rings. The van der Waals surface area contributed by atoms with Gasteiger partial charge in [0, 0.05) is 41.5 Å². The van der Waals surface area contributed by atoms with Crippen molar-refractivity contribution in [3.63, 3.8) is 0 Å². The number of aliphatic carboxylic acids is 1. The molecular weight excluding hydrogens is 423 g/mol. The number of pyridine rings is 1. The maximum Gasteiger partial charge on any atom is 0.306 e. The normalized spacial score (nSPS) is 21.5. The third kappa shape index (κ3) is 3.23. The Morgan fingerprint density at radius 3 is 2.73 bits per heavy atom. The summed E-state index contributed by atoms with van der Waals surface area (Å²) < 4.78 is 22.0. The highest BCUT2D eigenvalue weighted by Gasteiger charge is 2.40. The minimum atomic E-state index is -0.735. The highest BCUT2D eigenvalue weighted by molar-refractivity contribution is 5.94. The number of aromatic amines is 1. The molecule has 170 valence electrons. The fourth-order valence-corrected chi connectivity index (χ4v) is 5.49. The van der Waals surface area contributed by atoms with Crippen LogP contribution in [-0.2, 0) is 9.53 Å².